The molecule has 0 spiro atoms. The van der Waals surface area contributed by atoms with Crippen LogP contribution in [-0.4, -0.2) is 43.5 Å². The number of benzene rings is 2. The first-order valence-electron chi connectivity index (χ1n) is 8.98. The first kappa shape index (κ1) is 19.9. The van der Waals surface area contributed by atoms with Crippen LogP contribution in [0.15, 0.2) is 60.7 Å². The largest absolute Gasteiger partial charge is 0.497 e. The fraction of sp³-hybridized carbons (Fsp3) is 0.190. The molecule has 150 valence electrons. The molecule has 0 aliphatic carbocycles. The second-order valence-electron chi connectivity index (χ2n) is 5.91. The molecule has 0 aliphatic heterocycles. The van der Waals surface area contributed by atoms with Crippen molar-refractivity contribution in [3.63, 3.8) is 0 Å². The monoisotopic (exact) mass is 394 g/mol. The first-order valence-corrected chi connectivity index (χ1v) is 8.98. The average molecular weight is 394 g/mol. The summed E-state index contributed by atoms with van der Waals surface area (Å²) in [5, 5.41) is 13.9. The minimum absolute atomic E-state index is 0.222. The highest BCUT2D eigenvalue weighted by Gasteiger charge is 2.09. The topological polar surface area (TPSA) is 94.6 Å². The molecule has 29 heavy (non-hydrogen) atoms. The molecule has 1 amide bonds. The number of aromatic nitrogens is 2. The van der Waals surface area contributed by atoms with Crippen molar-refractivity contribution in [1.82, 2.24) is 15.5 Å². The number of anilines is 2. The van der Waals surface area contributed by atoms with Crippen LogP contribution in [-0.2, 0) is 0 Å². The minimum atomic E-state index is -0.320. The van der Waals surface area contributed by atoms with Crippen LogP contribution in [0, 0.1) is 0 Å². The molecule has 1 aromatic heterocycles. The van der Waals surface area contributed by atoms with Crippen LogP contribution >= 0.6 is 0 Å². The van der Waals surface area contributed by atoms with E-state index in [2.05, 4.69) is 20.8 Å². The van der Waals surface area contributed by atoms with Gasteiger partial charge in [0, 0.05) is 0 Å². The lowest BCUT2D eigenvalue weighted by atomic mass is 10.3. The van der Waals surface area contributed by atoms with Gasteiger partial charge in [0.15, 0.2) is 11.5 Å². The van der Waals surface area contributed by atoms with Gasteiger partial charge >= 0.3 is 0 Å². The van der Waals surface area contributed by atoms with E-state index in [1.807, 2.05) is 36.4 Å². The maximum Gasteiger partial charge on any atom is 0.271 e. The lowest BCUT2D eigenvalue weighted by Gasteiger charge is -2.10. The van der Waals surface area contributed by atoms with Gasteiger partial charge in [0.2, 0.25) is 0 Å². The van der Waals surface area contributed by atoms with Crippen LogP contribution in [0.3, 0.4) is 0 Å². The molecule has 8 nitrogen and oxygen atoms in total. The Balaban J connectivity index is 1.47. The quantitative estimate of drug-likeness (QED) is 0.539. The zero-order valence-corrected chi connectivity index (χ0v) is 16.2. The van der Waals surface area contributed by atoms with Crippen molar-refractivity contribution in [1.29, 1.82) is 0 Å². The highest BCUT2D eigenvalue weighted by atomic mass is 16.5. The van der Waals surface area contributed by atoms with Crippen molar-refractivity contribution in [2.45, 2.75) is 0 Å². The summed E-state index contributed by atoms with van der Waals surface area (Å²) in [6.07, 6.45) is 0. The van der Waals surface area contributed by atoms with E-state index in [0.717, 1.165) is 11.4 Å². The number of hydrogen-bond donors (Lipinski definition) is 2. The molecule has 0 atom stereocenters. The Labute approximate surface area is 168 Å². The molecule has 3 aromatic rings. The molecule has 0 unspecified atom stereocenters. The van der Waals surface area contributed by atoms with E-state index in [0.29, 0.717) is 30.5 Å². The van der Waals surface area contributed by atoms with Gasteiger partial charge in [0.05, 0.1) is 26.5 Å². The van der Waals surface area contributed by atoms with E-state index in [1.165, 1.54) is 0 Å². The summed E-state index contributed by atoms with van der Waals surface area (Å²) in [5.74, 6) is 2.33. The Morgan fingerprint density at radius 2 is 1.66 bits per heavy atom. The summed E-state index contributed by atoms with van der Waals surface area (Å²) in [6.45, 7) is 0.673. The number of amides is 1. The average Bonchev–Trinajstić information content (AvgIpc) is 2.78. The highest BCUT2D eigenvalue weighted by molar-refractivity contribution is 5.92. The zero-order chi connectivity index (χ0) is 20.5. The number of carbonyl (C=O) groups is 1. The Morgan fingerprint density at radius 3 is 2.34 bits per heavy atom. The van der Waals surface area contributed by atoms with Gasteiger partial charge in [0.1, 0.15) is 23.9 Å². The maximum absolute atomic E-state index is 12.2. The number of carbonyl (C=O) groups excluding carboxylic acids is 1. The van der Waals surface area contributed by atoms with Gasteiger partial charge in [-0.05, 0) is 48.5 Å². The molecule has 0 bridgehead atoms. The molecule has 3 rings (SSSR count). The third-order valence-electron chi connectivity index (χ3n) is 3.98. The molecule has 0 saturated heterocycles. The first-order chi connectivity index (χ1) is 14.2. The summed E-state index contributed by atoms with van der Waals surface area (Å²) in [5.41, 5.74) is 0.984. The van der Waals surface area contributed by atoms with Crippen molar-refractivity contribution >= 4 is 17.4 Å². The van der Waals surface area contributed by atoms with E-state index in [4.69, 9.17) is 14.2 Å². The van der Waals surface area contributed by atoms with Gasteiger partial charge in [-0.15, -0.1) is 10.2 Å². The van der Waals surface area contributed by atoms with Crippen molar-refractivity contribution in [2.24, 2.45) is 0 Å². The van der Waals surface area contributed by atoms with E-state index < -0.39 is 0 Å². The Morgan fingerprint density at radius 1 is 0.897 bits per heavy atom. The number of hydrogen-bond acceptors (Lipinski definition) is 7. The third-order valence-corrected chi connectivity index (χ3v) is 3.98. The van der Waals surface area contributed by atoms with Crippen LogP contribution in [0.4, 0.5) is 11.5 Å². The SMILES string of the molecule is COc1ccc(OCCNC(=O)c2ccc(Nc3ccccc3OC)nn2)cc1. The second-order valence-corrected chi connectivity index (χ2v) is 5.91. The molecule has 8 heteroatoms. The predicted molar refractivity (Wildman–Crippen MR) is 109 cm³/mol. The van der Waals surface area contributed by atoms with Gasteiger partial charge in [-0.25, -0.2) is 0 Å². The fourth-order valence-corrected chi connectivity index (χ4v) is 2.50. The lowest BCUT2D eigenvalue weighted by Crippen LogP contribution is -2.29. The number of nitrogens with zero attached hydrogens (tertiary/aromatic N) is 2. The van der Waals surface area contributed by atoms with Crippen molar-refractivity contribution in [2.75, 3.05) is 32.7 Å². The second kappa shape index (κ2) is 9.93. The molecule has 0 saturated carbocycles. The standard InChI is InChI=1S/C21H22N4O4/c1-27-15-7-9-16(10-8-15)29-14-13-22-21(26)18-11-12-20(25-24-18)23-17-5-3-4-6-19(17)28-2/h3-12H,13-14H2,1-2H3,(H,22,26)(H,23,25). The summed E-state index contributed by atoms with van der Waals surface area (Å²) in [4.78, 5) is 12.2. The van der Waals surface area contributed by atoms with E-state index >= 15 is 0 Å². The molecule has 0 radical (unpaired) electrons. The molecule has 2 aromatic carbocycles. The highest BCUT2D eigenvalue weighted by Crippen LogP contribution is 2.25. The van der Waals surface area contributed by atoms with Crippen molar-refractivity contribution in [3.05, 3.63) is 66.4 Å². The van der Waals surface area contributed by atoms with Crippen molar-refractivity contribution in [3.8, 4) is 17.2 Å². The third kappa shape index (κ3) is 5.58. The van der Waals surface area contributed by atoms with Crippen LogP contribution in [0.5, 0.6) is 17.2 Å². The summed E-state index contributed by atoms with van der Waals surface area (Å²) >= 11 is 0. The van der Waals surface area contributed by atoms with Crippen molar-refractivity contribution < 1.29 is 19.0 Å². The molecule has 0 aliphatic rings. The Bertz CT molecular complexity index is 930. The minimum Gasteiger partial charge on any atom is -0.497 e. The number of methoxy groups -OCH3 is 2. The number of rotatable bonds is 9. The van der Waals surface area contributed by atoms with E-state index in [1.54, 1.807) is 38.5 Å². The molecular formula is C21H22N4O4. The van der Waals surface area contributed by atoms with E-state index in [-0.39, 0.29) is 11.6 Å². The summed E-state index contributed by atoms with van der Waals surface area (Å²) in [6, 6.07) is 18.0. The Hall–Kier alpha value is -3.81. The van der Waals surface area contributed by atoms with Gasteiger partial charge in [-0.2, -0.15) is 0 Å². The molecular weight excluding hydrogens is 372 g/mol. The van der Waals surface area contributed by atoms with Crippen LogP contribution < -0.4 is 24.8 Å². The molecule has 0 fully saturated rings. The zero-order valence-electron chi connectivity index (χ0n) is 16.2. The van der Waals surface area contributed by atoms with Crippen LogP contribution in [0.25, 0.3) is 0 Å². The van der Waals surface area contributed by atoms with Crippen LogP contribution in [0.2, 0.25) is 0 Å². The summed E-state index contributed by atoms with van der Waals surface area (Å²) in [7, 11) is 3.20. The van der Waals surface area contributed by atoms with E-state index in [9.17, 15) is 4.79 Å². The number of para-hydroxylation sites is 2. The summed E-state index contributed by atoms with van der Waals surface area (Å²) < 4.78 is 15.9. The number of ether oxygens (including phenoxy) is 3. The van der Waals surface area contributed by atoms with Crippen LogP contribution in [0.1, 0.15) is 10.5 Å². The normalized spacial score (nSPS) is 10.1. The molecule has 1 heterocycles. The van der Waals surface area contributed by atoms with Gasteiger partial charge in [-0.3, -0.25) is 4.79 Å². The molecule has 2 N–H and O–H groups in total. The predicted octanol–water partition coefficient (Wildman–Crippen LogP) is 3.05. The smallest absolute Gasteiger partial charge is 0.271 e. The van der Waals surface area contributed by atoms with Gasteiger partial charge in [0.25, 0.3) is 5.91 Å². The Kier molecular flexibility index (Phi) is 6.83. The fourth-order valence-electron chi connectivity index (χ4n) is 2.50. The van der Waals surface area contributed by atoms with Gasteiger partial charge < -0.3 is 24.8 Å². The van der Waals surface area contributed by atoms with Gasteiger partial charge in [-0.1, -0.05) is 12.1 Å². The lowest BCUT2D eigenvalue weighted by molar-refractivity contribution is 0.0941. The number of nitrogens with one attached hydrogen (secondary N) is 2. The maximum atomic E-state index is 12.2.